The van der Waals surface area contributed by atoms with Crippen LogP contribution in [0.2, 0.25) is 0 Å². The van der Waals surface area contributed by atoms with E-state index in [1.54, 1.807) is 11.3 Å². The first-order valence-electron chi connectivity index (χ1n) is 6.49. The van der Waals surface area contributed by atoms with E-state index >= 15 is 0 Å². The van der Waals surface area contributed by atoms with Crippen molar-refractivity contribution >= 4 is 33.2 Å². The van der Waals surface area contributed by atoms with Crippen LogP contribution >= 0.6 is 27.3 Å². The van der Waals surface area contributed by atoms with Crippen LogP contribution < -0.4 is 5.32 Å². The molecule has 1 aliphatic heterocycles. The van der Waals surface area contributed by atoms with Gasteiger partial charge in [-0.3, -0.25) is 9.69 Å². The molecule has 4 nitrogen and oxygen atoms in total. The van der Waals surface area contributed by atoms with Crippen molar-refractivity contribution < 1.29 is 9.53 Å². The molecule has 1 saturated heterocycles. The Morgan fingerprint density at radius 1 is 1.53 bits per heavy atom. The highest BCUT2D eigenvalue weighted by Gasteiger charge is 2.23. The second kappa shape index (κ2) is 7.99. The van der Waals surface area contributed by atoms with Gasteiger partial charge < -0.3 is 10.1 Å². The van der Waals surface area contributed by atoms with Crippen LogP contribution in [0, 0.1) is 0 Å². The maximum absolute atomic E-state index is 11.6. The third-order valence-corrected chi connectivity index (χ3v) is 4.54. The van der Waals surface area contributed by atoms with Gasteiger partial charge in [0.15, 0.2) is 0 Å². The summed E-state index contributed by atoms with van der Waals surface area (Å²) in [7, 11) is 0. The van der Waals surface area contributed by atoms with Crippen molar-refractivity contribution in [1.82, 2.24) is 10.2 Å². The Balaban J connectivity index is 1.96. The Kier molecular flexibility index (Phi) is 6.30. The largest absolute Gasteiger partial charge is 0.379 e. The lowest BCUT2D eigenvalue weighted by molar-refractivity contribution is -0.121. The molecule has 1 aliphatic rings. The monoisotopic (exact) mass is 346 g/mol. The van der Waals surface area contributed by atoms with Crippen LogP contribution in [0.4, 0.5) is 0 Å². The molecule has 0 bridgehead atoms. The number of amides is 1. The number of carbonyl (C=O) groups is 1. The summed E-state index contributed by atoms with van der Waals surface area (Å²) >= 11 is 5.03. The molecule has 1 atom stereocenters. The predicted molar refractivity (Wildman–Crippen MR) is 80.9 cm³/mol. The fourth-order valence-corrected chi connectivity index (χ4v) is 3.39. The van der Waals surface area contributed by atoms with Gasteiger partial charge in [-0.25, -0.2) is 0 Å². The van der Waals surface area contributed by atoms with Gasteiger partial charge in [0, 0.05) is 36.3 Å². The molecule has 2 heterocycles. The van der Waals surface area contributed by atoms with E-state index in [4.69, 9.17) is 4.74 Å². The van der Waals surface area contributed by atoms with Crippen LogP contribution in [0.15, 0.2) is 17.5 Å². The molecule has 1 aromatic heterocycles. The Bertz CT molecular complexity index is 380. The van der Waals surface area contributed by atoms with Crippen molar-refractivity contribution in [1.29, 1.82) is 0 Å². The second-order valence-electron chi connectivity index (χ2n) is 4.42. The molecule has 106 valence electrons. The SMILES string of the molecule is O=C(CCBr)NCC(c1cccs1)N1CCOCC1. The lowest BCUT2D eigenvalue weighted by atomic mass is 10.2. The first-order chi connectivity index (χ1) is 9.31. The first kappa shape index (κ1) is 15.0. The summed E-state index contributed by atoms with van der Waals surface area (Å²) in [5.41, 5.74) is 0. The summed E-state index contributed by atoms with van der Waals surface area (Å²) in [5.74, 6) is 0.103. The number of nitrogens with one attached hydrogen (secondary N) is 1. The molecule has 1 N–H and O–H groups in total. The second-order valence-corrected chi connectivity index (χ2v) is 6.19. The number of hydrogen-bond acceptors (Lipinski definition) is 4. The van der Waals surface area contributed by atoms with Gasteiger partial charge in [0.2, 0.25) is 5.91 Å². The summed E-state index contributed by atoms with van der Waals surface area (Å²) in [5, 5.41) is 5.82. The number of hydrogen-bond donors (Lipinski definition) is 1. The number of halogens is 1. The van der Waals surface area contributed by atoms with E-state index in [-0.39, 0.29) is 11.9 Å². The number of ether oxygens (including phenoxy) is 1. The molecule has 2 rings (SSSR count). The van der Waals surface area contributed by atoms with E-state index in [0.29, 0.717) is 18.3 Å². The minimum Gasteiger partial charge on any atom is -0.379 e. The van der Waals surface area contributed by atoms with E-state index in [1.165, 1.54) is 4.88 Å². The van der Waals surface area contributed by atoms with E-state index in [9.17, 15) is 4.79 Å². The average Bonchev–Trinajstić information content (AvgIpc) is 2.94. The third-order valence-electron chi connectivity index (χ3n) is 3.17. The molecule has 19 heavy (non-hydrogen) atoms. The van der Waals surface area contributed by atoms with Crippen LogP contribution in [0.1, 0.15) is 17.3 Å². The predicted octanol–water partition coefficient (Wildman–Crippen LogP) is 2.02. The van der Waals surface area contributed by atoms with Gasteiger partial charge in [-0.15, -0.1) is 11.3 Å². The molecule has 0 radical (unpaired) electrons. The molecule has 6 heteroatoms. The molecule has 0 saturated carbocycles. The van der Waals surface area contributed by atoms with Gasteiger partial charge in [0.1, 0.15) is 0 Å². The summed E-state index contributed by atoms with van der Waals surface area (Å²) in [4.78, 5) is 15.3. The maximum Gasteiger partial charge on any atom is 0.220 e. The molecule has 1 fully saturated rings. The molecule has 0 aliphatic carbocycles. The Hall–Kier alpha value is -0.430. The Morgan fingerprint density at radius 3 is 2.95 bits per heavy atom. The highest BCUT2D eigenvalue weighted by Crippen LogP contribution is 2.25. The van der Waals surface area contributed by atoms with Crippen LogP contribution in [0.5, 0.6) is 0 Å². The topological polar surface area (TPSA) is 41.6 Å². The fraction of sp³-hybridized carbons (Fsp3) is 0.615. The van der Waals surface area contributed by atoms with Crippen molar-refractivity contribution in [2.75, 3.05) is 38.2 Å². The summed E-state index contributed by atoms with van der Waals surface area (Å²) in [6.45, 7) is 4.08. The zero-order valence-electron chi connectivity index (χ0n) is 10.8. The highest BCUT2D eigenvalue weighted by atomic mass is 79.9. The van der Waals surface area contributed by atoms with Gasteiger partial charge in [-0.2, -0.15) is 0 Å². The number of alkyl halides is 1. The maximum atomic E-state index is 11.6. The van der Waals surface area contributed by atoms with Gasteiger partial charge >= 0.3 is 0 Å². The molecular weight excluding hydrogens is 328 g/mol. The minimum absolute atomic E-state index is 0.103. The summed E-state index contributed by atoms with van der Waals surface area (Å²) < 4.78 is 5.40. The average molecular weight is 347 g/mol. The fourth-order valence-electron chi connectivity index (χ4n) is 2.16. The van der Waals surface area contributed by atoms with Crippen LogP contribution in [0.3, 0.4) is 0 Å². The van der Waals surface area contributed by atoms with Gasteiger partial charge in [-0.1, -0.05) is 22.0 Å². The van der Waals surface area contributed by atoms with Crippen LogP contribution in [-0.4, -0.2) is 49.0 Å². The first-order valence-corrected chi connectivity index (χ1v) is 8.49. The number of thiophene rings is 1. The molecule has 0 aromatic carbocycles. The van der Waals surface area contributed by atoms with E-state index in [0.717, 1.165) is 26.3 Å². The highest BCUT2D eigenvalue weighted by molar-refractivity contribution is 9.09. The van der Waals surface area contributed by atoms with Crippen molar-refractivity contribution in [3.63, 3.8) is 0 Å². The van der Waals surface area contributed by atoms with Gasteiger partial charge in [0.05, 0.1) is 19.3 Å². The molecule has 1 unspecified atom stereocenters. The Morgan fingerprint density at radius 2 is 2.32 bits per heavy atom. The molecule has 0 spiro atoms. The van der Waals surface area contributed by atoms with E-state index < -0.39 is 0 Å². The minimum atomic E-state index is 0.103. The van der Waals surface area contributed by atoms with Crippen molar-refractivity contribution in [2.45, 2.75) is 12.5 Å². The number of morpholine rings is 1. The normalized spacial score (nSPS) is 18.2. The standard InChI is InChI=1S/C13H19BrN2O2S/c14-4-3-13(17)15-10-11(12-2-1-9-19-12)16-5-7-18-8-6-16/h1-2,9,11H,3-8,10H2,(H,15,17). The number of nitrogens with zero attached hydrogens (tertiary/aromatic N) is 1. The number of carbonyl (C=O) groups excluding carboxylic acids is 1. The van der Waals surface area contributed by atoms with E-state index in [2.05, 4.69) is 43.7 Å². The smallest absolute Gasteiger partial charge is 0.220 e. The summed E-state index contributed by atoms with van der Waals surface area (Å²) in [6.07, 6.45) is 0.528. The van der Waals surface area contributed by atoms with Gasteiger partial charge in [-0.05, 0) is 11.4 Å². The van der Waals surface area contributed by atoms with Gasteiger partial charge in [0.25, 0.3) is 0 Å². The molecule has 1 amide bonds. The number of rotatable bonds is 6. The van der Waals surface area contributed by atoms with E-state index in [1.807, 2.05) is 0 Å². The quantitative estimate of drug-likeness (QED) is 0.801. The van der Waals surface area contributed by atoms with Crippen molar-refractivity contribution in [3.05, 3.63) is 22.4 Å². The van der Waals surface area contributed by atoms with Crippen molar-refractivity contribution in [2.24, 2.45) is 0 Å². The third kappa shape index (κ3) is 4.56. The Labute approximate surface area is 126 Å². The molecule has 1 aromatic rings. The summed E-state index contributed by atoms with van der Waals surface area (Å²) in [6, 6.07) is 4.47. The van der Waals surface area contributed by atoms with Crippen molar-refractivity contribution in [3.8, 4) is 0 Å². The van der Waals surface area contributed by atoms with Crippen LogP contribution in [-0.2, 0) is 9.53 Å². The van der Waals surface area contributed by atoms with Crippen LogP contribution in [0.25, 0.3) is 0 Å². The lowest BCUT2D eigenvalue weighted by Crippen LogP contribution is -2.43. The molecular formula is C13H19BrN2O2S. The lowest BCUT2D eigenvalue weighted by Gasteiger charge is -2.34. The zero-order valence-corrected chi connectivity index (χ0v) is 13.2. The zero-order chi connectivity index (χ0) is 13.5.